The second-order valence-corrected chi connectivity index (χ2v) is 30.5. The van der Waals surface area contributed by atoms with Crippen LogP contribution in [0.3, 0.4) is 0 Å². The third-order valence-corrected chi connectivity index (χ3v) is 19.7. The summed E-state index contributed by atoms with van der Waals surface area (Å²) in [6.07, 6.45) is 3.22. The smallest absolute Gasteiger partial charge is 0.319 e. The first-order valence-electron chi connectivity index (χ1n) is 35.8. The van der Waals surface area contributed by atoms with E-state index in [1.54, 1.807) is 26.0 Å². The van der Waals surface area contributed by atoms with E-state index in [-0.39, 0.29) is 140 Å². The van der Waals surface area contributed by atoms with Crippen molar-refractivity contribution in [3.05, 3.63) is 138 Å². The highest BCUT2D eigenvalue weighted by molar-refractivity contribution is 7.93. The van der Waals surface area contributed by atoms with Crippen molar-refractivity contribution in [2.24, 2.45) is 10.3 Å². The largest absolute Gasteiger partial charge is 0.493 e. The molecule has 2 aromatic heterocycles. The molecule has 33 nitrogen and oxygen atoms in total. The molecule has 4 heterocycles. The summed E-state index contributed by atoms with van der Waals surface area (Å²) in [5.74, 6) is -7.41. The van der Waals surface area contributed by atoms with Crippen molar-refractivity contribution in [2.45, 2.75) is 126 Å². The van der Waals surface area contributed by atoms with Crippen molar-refractivity contribution < 1.29 is 98.5 Å². The molecule has 0 saturated carbocycles. The van der Waals surface area contributed by atoms with E-state index in [2.05, 4.69) is 66.9 Å². The third-order valence-electron chi connectivity index (χ3n) is 16.9. The van der Waals surface area contributed by atoms with E-state index in [0.717, 1.165) is 11.1 Å². The molecule has 1 saturated heterocycles. The number of carbonyl (C=O) groups excluding carboxylic acids is 7. The van der Waals surface area contributed by atoms with E-state index in [1.807, 2.05) is 13.8 Å². The van der Waals surface area contributed by atoms with Gasteiger partial charge in [-0.25, -0.2) is 40.8 Å². The van der Waals surface area contributed by atoms with Crippen LogP contribution in [0.5, 0.6) is 11.6 Å². The molecule has 8 rings (SSSR count). The Morgan fingerprint density at radius 3 is 2.06 bits per heavy atom. The highest BCUT2D eigenvalue weighted by Gasteiger charge is 2.40. The lowest BCUT2D eigenvalue weighted by Crippen LogP contribution is -2.56. The molecule has 6 atom stereocenters. The van der Waals surface area contributed by atoms with Gasteiger partial charge in [0, 0.05) is 78.3 Å². The number of halogens is 2. The fourth-order valence-electron chi connectivity index (χ4n) is 11.6. The van der Waals surface area contributed by atoms with Crippen LogP contribution in [-0.2, 0) is 68.5 Å². The average Bonchev–Trinajstić information content (AvgIpc) is 1.35. The second kappa shape index (κ2) is 41.6. The molecule has 12 N–H and O–H groups in total. The number of nitrogens with one attached hydrogen (secondary N) is 10. The monoisotopic (exact) mass is 1580 g/mol. The fraction of sp³-hybridized carbons (Fsp3) is 0.419. The van der Waals surface area contributed by atoms with Crippen LogP contribution in [0.1, 0.15) is 103 Å². The Balaban J connectivity index is 0.719. The van der Waals surface area contributed by atoms with E-state index < -0.39 is 128 Å². The molecule has 598 valence electrons. The van der Waals surface area contributed by atoms with Crippen LogP contribution in [0, 0.1) is 17.6 Å². The average molecular weight is 1580 g/mol. The van der Waals surface area contributed by atoms with E-state index in [1.165, 1.54) is 103 Å². The van der Waals surface area contributed by atoms with Crippen molar-refractivity contribution in [3.63, 3.8) is 0 Å². The number of nitrogens with zero attached hydrogens (tertiary/aromatic N) is 4. The number of amides is 10. The van der Waals surface area contributed by atoms with Gasteiger partial charge in [0.15, 0.2) is 0 Å². The Morgan fingerprint density at radius 2 is 1.36 bits per heavy atom. The zero-order valence-corrected chi connectivity index (χ0v) is 63.4. The fourth-order valence-corrected chi connectivity index (χ4v) is 14.1. The van der Waals surface area contributed by atoms with E-state index in [4.69, 9.17) is 23.7 Å². The molecule has 0 aliphatic carbocycles. The predicted octanol–water partition coefficient (Wildman–Crippen LogP) is 8.64. The molecule has 2 aliphatic heterocycles. The first-order valence-corrected chi connectivity index (χ1v) is 39.4. The molecule has 1 fully saturated rings. The number of benzene rings is 4. The van der Waals surface area contributed by atoms with E-state index in [0.29, 0.717) is 55.5 Å². The molecule has 37 heteroatoms. The Hall–Kier alpha value is -11.2. The number of carboxylic acid groups (broad SMARTS) is 2. The van der Waals surface area contributed by atoms with E-state index >= 15 is 4.39 Å². The van der Waals surface area contributed by atoms with Gasteiger partial charge in [0.1, 0.15) is 47.1 Å². The van der Waals surface area contributed by atoms with Crippen LogP contribution in [-0.4, -0.2) is 188 Å². The minimum atomic E-state index is -4.19. The summed E-state index contributed by atoms with van der Waals surface area (Å²) < 4.78 is 106. The molecule has 4 bridgehead atoms. The number of carbonyl (C=O) groups is 9. The number of fused-ring (bicyclic) bond motifs is 6. The SMILES string of the molecule is CCCNC(=O)Nc1cccc(S(=O)(=O)Nc2cccc([C@@H](CC(=O)O)NC(=O)Nc3ccc(NC(=O)NCCOCCOCCOCCC(=O)N[C@@H](CC(=O)O)C(=O)N4CCC[C@H]4C(=O)N[C@H](C(=O)N=[S@](C)(=O)Cc4cc5nc(c4)O[C@@H](C)CCCCOc4cc(F)ccc4-c4cc(ncc4F)N5)C(C)C)cc3)c2)c1. The zero-order chi connectivity index (χ0) is 80.2. The maximum atomic E-state index is 15.4. The van der Waals surface area contributed by atoms with E-state index in [9.17, 15) is 70.4 Å². The van der Waals surface area contributed by atoms with Gasteiger partial charge < -0.3 is 86.6 Å². The summed E-state index contributed by atoms with van der Waals surface area (Å²) in [7, 11) is -7.62. The van der Waals surface area contributed by atoms with Gasteiger partial charge in [-0.2, -0.15) is 9.35 Å². The summed E-state index contributed by atoms with van der Waals surface area (Å²) in [5.41, 5.74) is 1.99. The van der Waals surface area contributed by atoms with Gasteiger partial charge >= 0.3 is 30.0 Å². The van der Waals surface area contributed by atoms with Gasteiger partial charge in [0.2, 0.25) is 23.6 Å². The van der Waals surface area contributed by atoms with Crippen molar-refractivity contribution in [1.82, 2.24) is 41.5 Å². The van der Waals surface area contributed by atoms with Crippen LogP contribution in [0.15, 0.2) is 125 Å². The predicted molar refractivity (Wildman–Crippen MR) is 406 cm³/mol. The van der Waals surface area contributed by atoms with Crippen LogP contribution in [0.25, 0.3) is 11.1 Å². The van der Waals surface area contributed by atoms with Crippen LogP contribution in [0.2, 0.25) is 0 Å². The second-order valence-electron chi connectivity index (χ2n) is 26.4. The molecule has 0 unspecified atom stereocenters. The number of hydrogen-bond acceptors (Lipinski definition) is 20. The molecule has 6 aromatic rings. The molecule has 10 amide bonds. The van der Waals surface area contributed by atoms with Gasteiger partial charge in [-0.1, -0.05) is 39.0 Å². The maximum absolute atomic E-state index is 15.4. The molecule has 2 aliphatic rings. The Kier molecular flexibility index (Phi) is 32.0. The molecular formula is C74H92F2N14O19S2. The lowest BCUT2D eigenvalue weighted by atomic mass is 10.0. The number of anilines is 6. The number of ether oxygens (including phenoxy) is 5. The first-order chi connectivity index (χ1) is 53.0. The topological polar surface area (TPSA) is 453 Å². The van der Waals surface area contributed by atoms with Gasteiger partial charge in [-0.3, -0.25) is 33.5 Å². The van der Waals surface area contributed by atoms with Gasteiger partial charge in [-0.05, 0) is 141 Å². The quantitative estimate of drug-likeness (QED) is 0.0168. The number of pyridine rings is 2. The number of rotatable bonds is 34. The highest BCUT2D eigenvalue weighted by Crippen LogP contribution is 2.36. The maximum Gasteiger partial charge on any atom is 0.319 e. The minimum absolute atomic E-state index is 0.0323. The van der Waals surface area contributed by atoms with Gasteiger partial charge in [-0.15, -0.1) is 0 Å². The summed E-state index contributed by atoms with van der Waals surface area (Å²) >= 11 is 0. The number of likely N-dealkylation sites (tertiary alicyclic amines) is 1. The number of carboxylic acids is 2. The molecule has 4 aromatic carbocycles. The minimum Gasteiger partial charge on any atom is -0.493 e. The number of hydrogen-bond donors (Lipinski definition) is 12. The number of urea groups is 3. The lowest BCUT2D eigenvalue weighted by molar-refractivity contribution is -0.146. The standard InChI is InChI=1S/C74H92F2N14O19S2/c1-6-25-77-72(99)82-52-14-10-16-54(39-52)111(103,104)88-53-15-9-13-48(37-53)58(41-66(92)93)84-74(101)81-51-21-19-50(20-22-51)80-73(100)78-26-30-106-32-34-107-33-31-105-29-24-64(91)83-59(42-67(94)95)71(98)90-27-11-17-60(90)69(96)87-68(45(2)3)70(97)89-110(5,102)44-47-35-63-85-62-40-56(57(76)43-79-62)55-23-18-49(75)38-61(55)108-28-8-7-12-46(4)109-65(36-47)86-63/h9-10,13-16,18-23,35-40,43,45-46,58-60,68,88H,6-8,11-12,17,24-34,41-42,44H2,1-5H3,(H,83,91)(H,87,96)(H,92,93)(H,94,95)(H2,77,82,99)(H2,78,80,100)(H,79,85,86)(H2,81,84,101)/t46-,58+,59-,60-,68-,110+/m0/s1. The van der Waals surface area contributed by atoms with Crippen LogP contribution < -0.4 is 62.0 Å². The lowest BCUT2D eigenvalue weighted by Gasteiger charge is -2.29. The summed E-state index contributed by atoms with van der Waals surface area (Å²) in [5, 5.41) is 43.3. The molecular weight excluding hydrogens is 1490 g/mol. The molecule has 0 radical (unpaired) electrons. The normalized spacial score (nSPS) is 15.5. The summed E-state index contributed by atoms with van der Waals surface area (Å²) in [6, 6.07) is 18.8. The summed E-state index contributed by atoms with van der Waals surface area (Å²) in [6.45, 7) is 8.25. The molecule has 111 heavy (non-hydrogen) atoms. The number of aromatic nitrogens is 2. The van der Waals surface area contributed by atoms with Crippen LogP contribution >= 0.6 is 0 Å². The zero-order valence-electron chi connectivity index (χ0n) is 61.8. The number of sulfonamides is 1. The number of aliphatic carboxylic acids is 2. The Labute approximate surface area is 640 Å². The van der Waals surface area contributed by atoms with Crippen molar-refractivity contribution in [1.29, 1.82) is 0 Å². The van der Waals surface area contributed by atoms with Crippen molar-refractivity contribution in [2.75, 3.05) is 98.1 Å². The van der Waals surface area contributed by atoms with Crippen molar-refractivity contribution >= 4 is 108 Å². The Morgan fingerprint density at radius 1 is 0.694 bits per heavy atom. The summed E-state index contributed by atoms with van der Waals surface area (Å²) in [4.78, 5) is 127. The third kappa shape index (κ3) is 27.7. The highest BCUT2D eigenvalue weighted by atomic mass is 32.2. The van der Waals surface area contributed by atoms with Gasteiger partial charge in [0.25, 0.3) is 15.9 Å². The molecule has 0 spiro atoms. The van der Waals surface area contributed by atoms with Crippen molar-refractivity contribution in [3.8, 4) is 22.8 Å². The Bertz CT molecular complexity index is 4540. The first kappa shape index (κ1) is 85.5. The van der Waals surface area contributed by atoms with Crippen LogP contribution in [0.4, 0.5) is 57.5 Å². The van der Waals surface area contributed by atoms with Gasteiger partial charge in [0.05, 0.1) is 97.8 Å².